The molecule has 2 rings (SSSR count). The minimum Gasteiger partial charge on any atom is -0.496 e. The molecule has 2 aromatic rings. The fourth-order valence-electron chi connectivity index (χ4n) is 2.10. The van der Waals surface area contributed by atoms with E-state index in [1.54, 1.807) is 19.1 Å². The number of halogens is 3. The lowest BCUT2D eigenvalue weighted by atomic mass is 10.1. The van der Waals surface area contributed by atoms with Crippen molar-refractivity contribution in [1.29, 1.82) is 0 Å². The van der Waals surface area contributed by atoms with E-state index in [1.165, 1.54) is 25.3 Å². The molecule has 1 amide bonds. The van der Waals surface area contributed by atoms with Gasteiger partial charge in [-0.25, -0.2) is 4.79 Å². The average molecular weight is 433 g/mol. The van der Waals surface area contributed by atoms with Crippen molar-refractivity contribution in [1.82, 2.24) is 0 Å². The van der Waals surface area contributed by atoms with Crippen LogP contribution in [0.2, 0.25) is 15.1 Å². The number of hydrogen-bond acceptors (Lipinski definition) is 5. The van der Waals surface area contributed by atoms with Crippen LogP contribution in [0.25, 0.3) is 0 Å². The number of rotatable bonds is 7. The molecule has 0 fully saturated rings. The number of esters is 1. The molecule has 0 saturated heterocycles. The summed E-state index contributed by atoms with van der Waals surface area (Å²) in [5, 5.41) is 3.48. The first-order valence-electron chi connectivity index (χ1n) is 7.78. The van der Waals surface area contributed by atoms with Gasteiger partial charge in [0.15, 0.2) is 6.61 Å². The van der Waals surface area contributed by atoms with Crippen LogP contribution in [0.3, 0.4) is 0 Å². The highest BCUT2D eigenvalue weighted by molar-refractivity contribution is 6.34. The molecule has 9 heteroatoms. The van der Waals surface area contributed by atoms with Crippen LogP contribution in [0, 0.1) is 0 Å². The van der Waals surface area contributed by atoms with Crippen LogP contribution in [0.15, 0.2) is 30.3 Å². The molecular formula is C18H16Cl3NO5. The number of carbonyl (C=O) groups is 2. The minimum atomic E-state index is -0.576. The normalized spacial score (nSPS) is 10.3. The van der Waals surface area contributed by atoms with E-state index in [0.29, 0.717) is 10.0 Å². The number of ether oxygens (including phenoxy) is 3. The maximum atomic E-state index is 12.2. The first kappa shape index (κ1) is 21.2. The van der Waals surface area contributed by atoms with Gasteiger partial charge in [-0.2, -0.15) is 0 Å². The van der Waals surface area contributed by atoms with Crippen molar-refractivity contribution in [3.63, 3.8) is 0 Å². The second-order valence-electron chi connectivity index (χ2n) is 5.16. The second-order valence-corrected chi connectivity index (χ2v) is 6.42. The van der Waals surface area contributed by atoms with Crippen molar-refractivity contribution in [2.45, 2.75) is 6.92 Å². The third-order valence-electron chi connectivity index (χ3n) is 3.31. The average Bonchev–Trinajstić information content (AvgIpc) is 2.64. The fourth-order valence-corrected chi connectivity index (χ4v) is 2.65. The van der Waals surface area contributed by atoms with E-state index in [2.05, 4.69) is 5.32 Å². The van der Waals surface area contributed by atoms with Crippen molar-refractivity contribution >= 4 is 52.4 Å². The van der Waals surface area contributed by atoms with Crippen molar-refractivity contribution in [3.8, 4) is 11.5 Å². The molecule has 144 valence electrons. The molecule has 0 bridgehead atoms. The fraction of sp³-hybridized carbons (Fsp3) is 0.222. The summed E-state index contributed by atoms with van der Waals surface area (Å²) in [6.45, 7) is 1.58. The molecule has 0 aromatic heterocycles. The lowest BCUT2D eigenvalue weighted by molar-refractivity contribution is -0.118. The van der Waals surface area contributed by atoms with Gasteiger partial charge in [-0.3, -0.25) is 4.79 Å². The number of hydrogen-bond donors (Lipinski definition) is 1. The number of carbonyl (C=O) groups excluding carboxylic acids is 2. The van der Waals surface area contributed by atoms with Crippen LogP contribution in [0.5, 0.6) is 11.5 Å². The third kappa shape index (κ3) is 5.66. The van der Waals surface area contributed by atoms with E-state index >= 15 is 0 Å². The van der Waals surface area contributed by atoms with Gasteiger partial charge in [0.2, 0.25) is 0 Å². The largest absolute Gasteiger partial charge is 0.496 e. The van der Waals surface area contributed by atoms with E-state index in [-0.39, 0.29) is 41.0 Å². The van der Waals surface area contributed by atoms with E-state index in [0.717, 1.165) is 0 Å². The van der Waals surface area contributed by atoms with Crippen LogP contribution in [-0.2, 0) is 9.53 Å². The van der Waals surface area contributed by atoms with E-state index < -0.39 is 11.9 Å². The van der Waals surface area contributed by atoms with Gasteiger partial charge in [0.1, 0.15) is 17.1 Å². The SMILES string of the molecule is CCOC(=O)c1cc(Cl)c(NC(=O)COc2cc(Cl)ccc2Cl)cc1OC. The number of methoxy groups -OCH3 is 1. The summed E-state index contributed by atoms with van der Waals surface area (Å²) in [5.41, 5.74) is 0.414. The van der Waals surface area contributed by atoms with Gasteiger partial charge in [0.25, 0.3) is 5.91 Å². The molecule has 0 aliphatic carbocycles. The smallest absolute Gasteiger partial charge is 0.341 e. The molecule has 1 N–H and O–H groups in total. The highest BCUT2D eigenvalue weighted by Crippen LogP contribution is 2.32. The van der Waals surface area contributed by atoms with E-state index in [4.69, 9.17) is 49.0 Å². The Morgan fingerprint density at radius 1 is 1.04 bits per heavy atom. The lowest BCUT2D eigenvalue weighted by Gasteiger charge is -2.13. The molecule has 2 aromatic carbocycles. The van der Waals surface area contributed by atoms with Crippen LogP contribution in [0.4, 0.5) is 5.69 Å². The zero-order chi connectivity index (χ0) is 20.0. The molecule has 0 atom stereocenters. The van der Waals surface area contributed by atoms with Crippen molar-refractivity contribution in [2.75, 3.05) is 25.6 Å². The summed E-state index contributed by atoms with van der Waals surface area (Å²) in [6, 6.07) is 7.46. The van der Waals surface area contributed by atoms with Gasteiger partial charge in [-0.15, -0.1) is 0 Å². The Balaban J connectivity index is 2.10. The molecule has 0 unspecified atom stereocenters. The second kappa shape index (κ2) is 9.69. The van der Waals surface area contributed by atoms with Crippen molar-refractivity contribution < 1.29 is 23.8 Å². The lowest BCUT2D eigenvalue weighted by Crippen LogP contribution is -2.20. The highest BCUT2D eigenvalue weighted by atomic mass is 35.5. The van der Waals surface area contributed by atoms with Gasteiger partial charge < -0.3 is 19.5 Å². The summed E-state index contributed by atoms with van der Waals surface area (Å²) in [4.78, 5) is 24.1. The Kier molecular flexibility index (Phi) is 7.59. The Labute approximate surface area is 171 Å². The van der Waals surface area contributed by atoms with Crippen molar-refractivity contribution in [2.24, 2.45) is 0 Å². The van der Waals surface area contributed by atoms with Gasteiger partial charge in [0.05, 0.1) is 29.4 Å². The molecule has 27 heavy (non-hydrogen) atoms. The Bertz CT molecular complexity index is 857. The molecule has 0 saturated carbocycles. The zero-order valence-corrected chi connectivity index (χ0v) is 16.7. The van der Waals surface area contributed by atoms with Crippen molar-refractivity contribution in [3.05, 3.63) is 51.0 Å². The first-order chi connectivity index (χ1) is 12.8. The van der Waals surface area contributed by atoms with E-state index in [9.17, 15) is 9.59 Å². The minimum absolute atomic E-state index is 0.146. The summed E-state index contributed by atoms with van der Waals surface area (Å²) in [7, 11) is 1.39. The molecule has 6 nitrogen and oxygen atoms in total. The molecule has 0 spiro atoms. The van der Waals surface area contributed by atoms with Gasteiger partial charge >= 0.3 is 5.97 Å². The zero-order valence-electron chi connectivity index (χ0n) is 14.5. The summed E-state index contributed by atoms with van der Waals surface area (Å²) < 4.78 is 15.5. The van der Waals surface area contributed by atoms with Gasteiger partial charge in [0, 0.05) is 17.2 Å². The Hall–Kier alpha value is -2.15. The van der Waals surface area contributed by atoms with Crippen LogP contribution >= 0.6 is 34.8 Å². The number of benzene rings is 2. The predicted octanol–water partition coefficient (Wildman–Crippen LogP) is 4.85. The van der Waals surface area contributed by atoms with Crippen LogP contribution in [0.1, 0.15) is 17.3 Å². The maximum absolute atomic E-state index is 12.2. The Morgan fingerprint density at radius 2 is 1.78 bits per heavy atom. The quantitative estimate of drug-likeness (QED) is 0.633. The molecule has 0 aliphatic heterocycles. The summed E-state index contributed by atoms with van der Waals surface area (Å²) in [5.74, 6) is -0.570. The Morgan fingerprint density at radius 3 is 2.44 bits per heavy atom. The summed E-state index contributed by atoms with van der Waals surface area (Å²) in [6.07, 6.45) is 0. The third-order valence-corrected chi connectivity index (χ3v) is 4.17. The topological polar surface area (TPSA) is 73.9 Å². The van der Waals surface area contributed by atoms with Crippen LogP contribution < -0.4 is 14.8 Å². The highest BCUT2D eigenvalue weighted by Gasteiger charge is 2.18. The maximum Gasteiger partial charge on any atom is 0.341 e. The van der Waals surface area contributed by atoms with E-state index in [1.807, 2.05) is 0 Å². The molecule has 0 radical (unpaired) electrons. The monoisotopic (exact) mass is 431 g/mol. The standard InChI is InChI=1S/C18H16Cl3NO5/c1-3-26-18(24)11-7-13(21)14(8-15(11)25-2)22-17(23)9-27-16-6-10(19)4-5-12(16)20/h4-8H,3,9H2,1-2H3,(H,22,23). The van der Waals surface area contributed by atoms with Crippen LogP contribution in [-0.4, -0.2) is 32.2 Å². The summed E-state index contributed by atoms with van der Waals surface area (Å²) >= 11 is 18.0. The van der Waals surface area contributed by atoms with Gasteiger partial charge in [-0.1, -0.05) is 34.8 Å². The first-order valence-corrected chi connectivity index (χ1v) is 8.91. The molecule has 0 heterocycles. The molecular weight excluding hydrogens is 417 g/mol. The number of anilines is 1. The number of amides is 1. The van der Waals surface area contributed by atoms with Gasteiger partial charge in [-0.05, 0) is 25.1 Å². The predicted molar refractivity (Wildman–Crippen MR) is 105 cm³/mol. The molecule has 0 aliphatic rings. The number of nitrogens with one attached hydrogen (secondary N) is 1.